The number of nitrogens with zero attached hydrogens (tertiary/aromatic N) is 1. The Morgan fingerprint density at radius 1 is 0.769 bits per heavy atom. The van der Waals surface area contributed by atoms with Gasteiger partial charge in [-0.3, -0.25) is 0 Å². The molecule has 3 aromatic carbocycles. The molecular formula is C22H19NO2S. The summed E-state index contributed by atoms with van der Waals surface area (Å²) in [5.41, 5.74) is 2.87. The minimum Gasteiger partial charge on any atom is -0.241 e. The molecule has 26 heavy (non-hydrogen) atoms. The quantitative estimate of drug-likeness (QED) is 0.511. The van der Waals surface area contributed by atoms with Gasteiger partial charge in [0.1, 0.15) is 0 Å². The third kappa shape index (κ3) is 2.72. The molecule has 0 amide bonds. The summed E-state index contributed by atoms with van der Waals surface area (Å²) in [6, 6.07) is 26.4. The maximum atomic E-state index is 13.2. The summed E-state index contributed by atoms with van der Waals surface area (Å²) in [4.78, 5) is 0.291. The van der Waals surface area contributed by atoms with Crippen LogP contribution in [0.4, 0.5) is 0 Å². The number of hydrogen-bond acceptors (Lipinski definition) is 2. The maximum Gasteiger partial charge on any atom is 0.268 e. The fraction of sp³-hybridized carbons (Fsp3) is 0.0909. The van der Waals surface area contributed by atoms with Gasteiger partial charge in [-0.15, -0.1) is 0 Å². The van der Waals surface area contributed by atoms with Crippen molar-refractivity contribution in [3.8, 4) is 0 Å². The highest BCUT2D eigenvalue weighted by Gasteiger charge is 2.23. The molecule has 0 aliphatic rings. The van der Waals surface area contributed by atoms with E-state index in [4.69, 9.17) is 0 Å². The van der Waals surface area contributed by atoms with E-state index >= 15 is 0 Å². The predicted molar refractivity (Wildman–Crippen MR) is 105 cm³/mol. The van der Waals surface area contributed by atoms with E-state index in [1.54, 1.807) is 30.5 Å². The first-order valence-corrected chi connectivity index (χ1v) is 9.98. The van der Waals surface area contributed by atoms with Gasteiger partial charge in [0.25, 0.3) is 10.0 Å². The summed E-state index contributed by atoms with van der Waals surface area (Å²) in [5, 5.41) is 0.961. The lowest BCUT2D eigenvalue weighted by molar-refractivity contribution is 0.589. The van der Waals surface area contributed by atoms with E-state index in [9.17, 15) is 8.42 Å². The van der Waals surface area contributed by atoms with Crippen molar-refractivity contribution in [2.75, 3.05) is 0 Å². The van der Waals surface area contributed by atoms with Crippen molar-refractivity contribution in [3.63, 3.8) is 0 Å². The largest absolute Gasteiger partial charge is 0.268 e. The molecule has 0 aliphatic carbocycles. The maximum absolute atomic E-state index is 13.2. The summed E-state index contributed by atoms with van der Waals surface area (Å²) in [6.45, 7) is 2.11. The zero-order chi connectivity index (χ0) is 18.1. The molecule has 0 saturated carbocycles. The molecule has 3 nitrogen and oxygen atoms in total. The third-order valence-electron chi connectivity index (χ3n) is 4.77. The smallest absolute Gasteiger partial charge is 0.241 e. The number of aromatic nitrogens is 1. The van der Waals surface area contributed by atoms with Gasteiger partial charge in [0, 0.05) is 17.5 Å². The van der Waals surface area contributed by atoms with Gasteiger partial charge < -0.3 is 0 Å². The van der Waals surface area contributed by atoms with Crippen molar-refractivity contribution in [2.45, 2.75) is 17.7 Å². The van der Waals surface area contributed by atoms with Crippen LogP contribution in [0.1, 0.15) is 24.0 Å². The Balaban J connectivity index is 1.93. The SMILES string of the molecule is CC(c1ccccc1)c1cn(S(=O)(=O)c2ccccc2)c2ccccc12. The first kappa shape index (κ1) is 16.6. The lowest BCUT2D eigenvalue weighted by Gasteiger charge is -2.11. The Labute approximate surface area is 153 Å². The Morgan fingerprint density at radius 2 is 1.35 bits per heavy atom. The van der Waals surface area contributed by atoms with Crippen LogP contribution in [0.5, 0.6) is 0 Å². The van der Waals surface area contributed by atoms with Crippen molar-refractivity contribution in [2.24, 2.45) is 0 Å². The molecule has 1 unspecified atom stereocenters. The number of fused-ring (bicyclic) bond motifs is 1. The minimum absolute atomic E-state index is 0.0910. The number of rotatable bonds is 4. The van der Waals surface area contributed by atoms with Crippen molar-refractivity contribution in [3.05, 3.63) is 102 Å². The normalized spacial score (nSPS) is 13.0. The van der Waals surface area contributed by atoms with E-state index in [0.717, 1.165) is 16.5 Å². The molecule has 0 aliphatic heterocycles. The molecule has 0 N–H and O–H groups in total. The van der Waals surface area contributed by atoms with Crippen LogP contribution in [0.15, 0.2) is 96.0 Å². The van der Waals surface area contributed by atoms with Crippen LogP contribution in [-0.4, -0.2) is 12.4 Å². The fourth-order valence-electron chi connectivity index (χ4n) is 3.35. The second-order valence-electron chi connectivity index (χ2n) is 6.35. The van der Waals surface area contributed by atoms with Crippen LogP contribution in [-0.2, 0) is 10.0 Å². The molecule has 0 radical (unpaired) electrons. The molecule has 0 fully saturated rings. The standard InChI is InChI=1S/C22H19NO2S/c1-17(18-10-4-2-5-11-18)21-16-23(22-15-9-8-14-20(21)22)26(24,25)19-12-6-3-7-13-19/h2-17H,1H3. The van der Waals surface area contributed by atoms with E-state index in [1.165, 1.54) is 3.97 Å². The average Bonchev–Trinajstić information content (AvgIpc) is 3.09. The van der Waals surface area contributed by atoms with E-state index in [2.05, 4.69) is 19.1 Å². The molecule has 4 aromatic rings. The van der Waals surface area contributed by atoms with Gasteiger partial charge in [-0.2, -0.15) is 0 Å². The van der Waals surface area contributed by atoms with Gasteiger partial charge in [-0.1, -0.05) is 73.7 Å². The fourth-order valence-corrected chi connectivity index (χ4v) is 4.75. The summed E-state index contributed by atoms with van der Waals surface area (Å²) < 4.78 is 27.8. The van der Waals surface area contributed by atoms with Crippen molar-refractivity contribution >= 4 is 20.9 Å². The second kappa shape index (κ2) is 6.46. The Morgan fingerprint density at radius 3 is 2.04 bits per heavy atom. The van der Waals surface area contributed by atoms with Crippen molar-refractivity contribution in [1.29, 1.82) is 0 Å². The third-order valence-corrected chi connectivity index (χ3v) is 6.46. The Kier molecular flexibility index (Phi) is 4.13. The molecule has 0 spiro atoms. The molecule has 1 heterocycles. The highest BCUT2D eigenvalue weighted by atomic mass is 32.2. The minimum atomic E-state index is -3.64. The van der Waals surface area contributed by atoms with Gasteiger partial charge in [0.15, 0.2) is 0 Å². The molecule has 130 valence electrons. The van der Waals surface area contributed by atoms with E-state index in [1.807, 2.05) is 48.5 Å². The summed E-state index contributed by atoms with van der Waals surface area (Å²) >= 11 is 0. The summed E-state index contributed by atoms with van der Waals surface area (Å²) in [7, 11) is -3.64. The van der Waals surface area contributed by atoms with Gasteiger partial charge in [-0.05, 0) is 29.3 Å². The number of benzene rings is 3. The first-order valence-electron chi connectivity index (χ1n) is 8.54. The highest BCUT2D eigenvalue weighted by molar-refractivity contribution is 7.90. The molecule has 4 rings (SSSR count). The number of para-hydroxylation sites is 1. The monoisotopic (exact) mass is 361 g/mol. The van der Waals surface area contributed by atoms with Crippen LogP contribution < -0.4 is 0 Å². The van der Waals surface area contributed by atoms with Crippen LogP contribution >= 0.6 is 0 Å². The molecule has 1 atom stereocenters. The van der Waals surface area contributed by atoms with Crippen molar-refractivity contribution < 1.29 is 8.42 Å². The van der Waals surface area contributed by atoms with Crippen LogP contribution in [0, 0.1) is 0 Å². The highest BCUT2D eigenvalue weighted by Crippen LogP contribution is 2.33. The first-order chi connectivity index (χ1) is 12.6. The average molecular weight is 361 g/mol. The predicted octanol–water partition coefficient (Wildman–Crippen LogP) is 5.03. The van der Waals surface area contributed by atoms with Gasteiger partial charge in [0.2, 0.25) is 0 Å². The zero-order valence-electron chi connectivity index (χ0n) is 14.4. The topological polar surface area (TPSA) is 39.1 Å². The van der Waals surface area contributed by atoms with Crippen LogP contribution in [0.2, 0.25) is 0 Å². The Bertz CT molecular complexity index is 1150. The van der Waals surface area contributed by atoms with Gasteiger partial charge >= 0.3 is 0 Å². The van der Waals surface area contributed by atoms with E-state index in [0.29, 0.717) is 10.4 Å². The van der Waals surface area contributed by atoms with Gasteiger partial charge in [0.05, 0.1) is 10.4 Å². The van der Waals surface area contributed by atoms with Crippen LogP contribution in [0.3, 0.4) is 0 Å². The van der Waals surface area contributed by atoms with Gasteiger partial charge in [-0.25, -0.2) is 12.4 Å². The second-order valence-corrected chi connectivity index (χ2v) is 8.16. The van der Waals surface area contributed by atoms with Crippen LogP contribution in [0.25, 0.3) is 10.9 Å². The molecule has 0 saturated heterocycles. The number of hydrogen-bond donors (Lipinski definition) is 0. The van der Waals surface area contributed by atoms with E-state index < -0.39 is 10.0 Å². The summed E-state index contributed by atoms with van der Waals surface area (Å²) in [5.74, 6) is 0.0910. The summed E-state index contributed by atoms with van der Waals surface area (Å²) in [6.07, 6.45) is 1.77. The Hall–Kier alpha value is -2.85. The molecule has 4 heteroatoms. The molecular weight excluding hydrogens is 342 g/mol. The molecule has 0 bridgehead atoms. The lowest BCUT2D eigenvalue weighted by Crippen LogP contribution is -2.11. The van der Waals surface area contributed by atoms with Crippen molar-refractivity contribution in [1.82, 2.24) is 3.97 Å². The molecule has 1 aromatic heterocycles. The zero-order valence-corrected chi connectivity index (χ0v) is 15.2. The van der Waals surface area contributed by atoms with E-state index in [-0.39, 0.29) is 5.92 Å². The lowest BCUT2D eigenvalue weighted by atomic mass is 9.93.